The number of fused-ring (bicyclic) bond motifs is 1. The number of carbonyl (C=O) groups excluding carboxylic acids is 2. The van der Waals surface area contributed by atoms with Crippen LogP contribution in [0.1, 0.15) is 78.4 Å². The van der Waals surface area contributed by atoms with E-state index < -0.39 is 0 Å². The van der Waals surface area contributed by atoms with Crippen molar-refractivity contribution in [3.63, 3.8) is 0 Å². The molecule has 4 nitrogen and oxygen atoms in total. The van der Waals surface area contributed by atoms with E-state index in [0.717, 1.165) is 36.8 Å². The zero-order valence-electron chi connectivity index (χ0n) is 17.6. The van der Waals surface area contributed by atoms with E-state index >= 15 is 0 Å². The molecule has 0 atom stereocenters. The van der Waals surface area contributed by atoms with Gasteiger partial charge in [-0.25, -0.2) is 4.79 Å². The predicted molar refractivity (Wildman–Crippen MR) is 120 cm³/mol. The van der Waals surface area contributed by atoms with E-state index in [0.29, 0.717) is 16.5 Å². The van der Waals surface area contributed by atoms with Crippen molar-refractivity contribution in [3.05, 3.63) is 57.5 Å². The highest BCUT2D eigenvalue weighted by molar-refractivity contribution is 7.17. The maximum atomic E-state index is 12.7. The van der Waals surface area contributed by atoms with Crippen molar-refractivity contribution in [2.24, 2.45) is 0 Å². The van der Waals surface area contributed by atoms with Crippen LogP contribution >= 0.6 is 11.3 Å². The second-order valence-corrected chi connectivity index (χ2v) is 9.12. The second kappa shape index (κ2) is 9.40. The molecule has 1 amide bonds. The summed E-state index contributed by atoms with van der Waals surface area (Å²) in [5, 5.41) is 3.52. The maximum Gasteiger partial charge on any atom is 0.341 e. The van der Waals surface area contributed by atoms with Crippen molar-refractivity contribution in [2.75, 3.05) is 5.32 Å². The molecule has 0 spiro atoms. The number of rotatable bonds is 6. The molecule has 0 aliphatic heterocycles. The first-order valence-corrected chi connectivity index (χ1v) is 11.1. The van der Waals surface area contributed by atoms with E-state index in [1.54, 1.807) is 6.08 Å². The van der Waals surface area contributed by atoms with Crippen LogP contribution in [0.3, 0.4) is 0 Å². The van der Waals surface area contributed by atoms with Crippen LogP contribution in [0.15, 0.2) is 30.3 Å². The van der Waals surface area contributed by atoms with Crippen LogP contribution in [-0.2, 0) is 22.4 Å². The normalized spacial score (nSPS) is 13.7. The van der Waals surface area contributed by atoms with E-state index in [1.807, 2.05) is 26.0 Å². The Labute approximate surface area is 177 Å². The van der Waals surface area contributed by atoms with Gasteiger partial charge < -0.3 is 10.1 Å². The van der Waals surface area contributed by atoms with Gasteiger partial charge in [0.1, 0.15) is 5.00 Å². The Morgan fingerprint density at radius 2 is 1.76 bits per heavy atom. The smallest absolute Gasteiger partial charge is 0.341 e. The van der Waals surface area contributed by atoms with Gasteiger partial charge in [-0.15, -0.1) is 11.3 Å². The largest absolute Gasteiger partial charge is 0.459 e. The summed E-state index contributed by atoms with van der Waals surface area (Å²) in [5.74, 6) is -0.108. The van der Waals surface area contributed by atoms with Crippen LogP contribution in [0.4, 0.5) is 5.00 Å². The second-order valence-electron chi connectivity index (χ2n) is 8.01. The lowest BCUT2D eigenvalue weighted by Gasteiger charge is -2.14. The van der Waals surface area contributed by atoms with E-state index in [9.17, 15) is 9.59 Å². The Kier molecular flexibility index (Phi) is 6.91. The Morgan fingerprint density at radius 1 is 1.07 bits per heavy atom. The third-order valence-electron chi connectivity index (χ3n) is 4.99. The molecule has 1 aliphatic carbocycles. The molecule has 154 valence electrons. The summed E-state index contributed by atoms with van der Waals surface area (Å²) in [7, 11) is 0. The van der Waals surface area contributed by atoms with Crippen molar-refractivity contribution in [2.45, 2.75) is 65.4 Å². The Morgan fingerprint density at radius 3 is 2.41 bits per heavy atom. The molecule has 1 heterocycles. The van der Waals surface area contributed by atoms with Crippen LogP contribution in [0, 0.1) is 0 Å². The van der Waals surface area contributed by atoms with Crippen LogP contribution in [-0.4, -0.2) is 18.0 Å². The number of aryl methyl sites for hydroxylation is 1. The number of amides is 1. The molecular weight excluding hydrogens is 382 g/mol. The number of carbonyl (C=O) groups is 2. The summed E-state index contributed by atoms with van der Waals surface area (Å²) in [6.07, 6.45) is 7.11. The third-order valence-corrected chi connectivity index (χ3v) is 6.19. The quantitative estimate of drug-likeness (QED) is 0.471. The van der Waals surface area contributed by atoms with Gasteiger partial charge in [0, 0.05) is 11.0 Å². The fourth-order valence-electron chi connectivity index (χ4n) is 3.46. The van der Waals surface area contributed by atoms with Crippen LogP contribution in [0.2, 0.25) is 0 Å². The lowest BCUT2D eigenvalue weighted by Crippen LogP contribution is -2.17. The fourth-order valence-corrected chi connectivity index (χ4v) is 4.74. The van der Waals surface area contributed by atoms with Gasteiger partial charge in [0.15, 0.2) is 0 Å². The first-order chi connectivity index (χ1) is 13.8. The van der Waals surface area contributed by atoms with Crippen LogP contribution in [0.25, 0.3) is 6.08 Å². The van der Waals surface area contributed by atoms with Crippen molar-refractivity contribution in [3.8, 4) is 0 Å². The number of hydrogen-bond acceptors (Lipinski definition) is 4. The summed E-state index contributed by atoms with van der Waals surface area (Å²) >= 11 is 1.51. The predicted octanol–water partition coefficient (Wildman–Crippen LogP) is 5.97. The molecule has 0 unspecified atom stereocenters. The summed E-state index contributed by atoms with van der Waals surface area (Å²) in [6, 6.07) is 8.17. The average molecular weight is 412 g/mol. The topological polar surface area (TPSA) is 55.4 Å². The highest BCUT2D eigenvalue weighted by Crippen LogP contribution is 2.38. The van der Waals surface area contributed by atoms with Gasteiger partial charge >= 0.3 is 5.97 Å². The van der Waals surface area contributed by atoms with Crippen molar-refractivity contribution in [1.29, 1.82) is 0 Å². The molecule has 1 aromatic carbocycles. The fraction of sp³-hybridized carbons (Fsp3) is 0.417. The van der Waals surface area contributed by atoms with E-state index in [-0.39, 0.29) is 18.0 Å². The summed E-state index contributed by atoms with van der Waals surface area (Å²) in [6.45, 7) is 7.98. The molecule has 5 heteroatoms. The minimum atomic E-state index is -0.344. The van der Waals surface area contributed by atoms with Gasteiger partial charge in [0.25, 0.3) is 0 Å². The molecule has 0 saturated heterocycles. The zero-order chi connectivity index (χ0) is 21.0. The van der Waals surface area contributed by atoms with Gasteiger partial charge in [0.05, 0.1) is 11.7 Å². The van der Waals surface area contributed by atoms with Gasteiger partial charge in [0.2, 0.25) is 5.91 Å². The zero-order valence-corrected chi connectivity index (χ0v) is 18.4. The van der Waals surface area contributed by atoms with Crippen LogP contribution in [0.5, 0.6) is 0 Å². The van der Waals surface area contributed by atoms with Gasteiger partial charge in [-0.1, -0.05) is 38.1 Å². The molecule has 3 rings (SSSR count). The number of thiophene rings is 1. The third kappa shape index (κ3) is 5.36. The SMILES string of the molecule is CC(C)OC(=O)c1c(NC(=O)/C=C/c2ccc(C(C)C)cc2)sc2c1CCCC2. The monoisotopic (exact) mass is 411 g/mol. The highest BCUT2D eigenvalue weighted by Gasteiger charge is 2.27. The molecule has 0 fully saturated rings. The Balaban J connectivity index is 1.77. The summed E-state index contributed by atoms with van der Waals surface area (Å²) < 4.78 is 5.44. The summed E-state index contributed by atoms with van der Waals surface area (Å²) in [4.78, 5) is 26.4. The number of hydrogen-bond donors (Lipinski definition) is 1. The molecule has 29 heavy (non-hydrogen) atoms. The molecule has 1 aromatic heterocycles. The van der Waals surface area contributed by atoms with Gasteiger partial charge in [-0.05, 0) is 68.2 Å². The van der Waals surface area contributed by atoms with Crippen molar-refractivity contribution >= 4 is 34.3 Å². The van der Waals surface area contributed by atoms with Gasteiger partial charge in [-0.3, -0.25) is 4.79 Å². The van der Waals surface area contributed by atoms with E-state index in [2.05, 4.69) is 31.3 Å². The molecule has 1 N–H and O–H groups in total. The first-order valence-electron chi connectivity index (χ1n) is 10.3. The summed E-state index contributed by atoms with van der Waals surface area (Å²) in [5.41, 5.74) is 3.83. The van der Waals surface area contributed by atoms with Crippen molar-refractivity contribution in [1.82, 2.24) is 0 Å². The first kappa shape index (κ1) is 21.3. The number of ether oxygens (including phenoxy) is 1. The lowest BCUT2D eigenvalue weighted by atomic mass is 9.95. The molecule has 1 aliphatic rings. The molecule has 2 aromatic rings. The van der Waals surface area contributed by atoms with Crippen molar-refractivity contribution < 1.29 is 14.3 Å². The Hall–Kier alpha value is -2.40. The number of anilines is 1. The van der Waals surface area contributed by atoms with E-state index in [1.165, 1.54) is 27.9 Å². The molecule has 0 radical (unpaired) electrons. The Bertz CT molecular complexity index is 907. The number of nitrogens with one attached hydrogen (secondary N) is 1. The number of benzene rings is 1. The minimum Gasteiger partial charge on any atom is -0.459 e. The molecule has 0 saturated carbocycles. The minimum absolute atomic E-state index is 0.195. The standard InChI is InChI=1S/C24H29NO3S/c1-15(2)18-12-9-17(10-13-18)11-14-21(26)25-23-22(24(27)28-16(3)4)19-7-5-6-8-20(19)29-23/h9-16H,5-8H2,1-4H3,(H,25,26)/b14-11+. The van der Waals surface area contributed by atoms with E-state index in [4.69, 9.17) is 4.74 Å². The number of esters is 1. The highest BCUT2D eigenvalue weighted by atomic mass is 32.1. The lowest BCUT2D eigenvalue weighted by molar-refractivity contribution is -0.111. The molecule has 0 bridgehead atoms. The van der Waals surface area contributed by atoms with Gasteiger partial charge in [-0.2, -0.15) is 0 Å². The average Bonchev–Trinajstić information content (AvgIpc) is 3.04. The maximum absolute atomic E-state index is 12.7. The van der Waals surface area contributed by atoms with Crippen LogP contribution < -0.4 is 5.32 Å². The molecular formula is C24H29NO3S.